The van der Waals surface area contributed by atoms with Crippen molar-refractivity contribution in [2.24, 2.45) is 5.73 Å². The quantitative estimate of drug-likeness (QED) is 0.540. The summed E-state index contributed by atoms with van der Waals surface area (Å²) in [6.07, 6.45) is 0.387. The van der Waals surface area contributed by atoms with E-state index < -0.39 is 18.2 Å². The van der Waals surface area contributed by atoms with Crippen LogP contribution in [0.15, 0.2) is 16.7 Å². The minimum atomic E-state index is -2.73. The molecular weight excluding hydrogens is 444 g/mol. The molecule has 0 saturated heterocycles. The van der Waals surface area contributed by atoms with Crippen LogP contribution in [-0.2, 0) is 0 Å². The summed E-state index contributed by atoms with van der Waals surface area (Å²) in [5.41, 5.74) is 6.12. The molecule has 0 aliphatic heterocycles. The van der Waals surface area contributed by atoms with Gasteiger partial charge in [0.15, 0.2) is 0 Å². The van der Waals surface area contributed by atoms with Gasteiger partial charge in [0, 0.05) is 5.39 Å². The number of rotatable bonds is 5. The number of alkyl halides is 2. The van der Waals surface area contributed by atoms with Crippen molar-refractivity contribution in [1.82, 2.24) is 15.2 Å². The number of aromatic amines is 1. The highest BCUT2D eigenvalue weighted by atomic mass is 79.9. The van der Waals surface area contributed by atoms with E-state index in [0.29, 0.717) is 15.4 Å². The first kappa shape index (κ1) is 18.0. The van der Waals surface area contributed by atoms with Gasteiger partial charge in [-0.05, 0) is 46.3 Å². The molecule has 3 aromatic rings. The summed E-state index contributed by atoms with van der Waals surface area (Å²) in [5, 5.41) is 9.48. The molecular formula is C16H12BrF2N5O2S. The van der Waals surface area contributed by atoms with E-state index in [1.54, 1.807) is 0 Å². The maximum atomic E-state index is 13.2. The number of pyridine rings is 1. The van der Waals surface area contributed by atoms with Crippen LogP contribution in [0.3, 0.4) is 0 Å². The van der Waals surface area contributed by atoms with E-state index in [9.17, 15) is 18.4 Å². The second-order valence-electron chi connectivity index (χ2n) is 6.11. The molecule has 1 fully saturated rings. The fraction of sp³-hybridized carbons (Fsp3) is 0.250. The summed E-state index contributed by atoms with van der Waals surface area (Å²) >= 11 is 4.10. The predicted octanol–water partition coefficient (Wildman–Crippen LogP) is 3.95. The number of nitrogens with zero attached hydrogens (tertiary/aromatic N) is 2. The van der Waals surface area contributed by atoms with E-state index in [-0.39, 0.29) is 32.7 Å². The Labute approximate surface area is 163 Å². The average molecular weight is 456 g/mol. The van der Waals surface area contributed by atoms with Gasteiger partial charge < -0.3 is 11.1 Å². The molecule has 0 aromatic carbocycles. The van der Waals surface area contributed by atoms with Crippen LogP contribution in [0.1, 0.15) is 56.6 Å². The first-order valence-corrected chi connectivity index (χ1v) is 9.53. The molecule has 2 amide bonds. The van der Waals surface area contributed by atoms with Crippen LogP contribution >= 0.6 is 27.3 Å². The van der Waals surface area contributed by atoms with Crippen LogP contribution in [0.2, 0.25) is 0 Å². The van der Waals surface area contributed by atoms with Crippen LogP contribution in [0.5, 0.6) is 0 Å². The highest BCUT2D eigenvalue weighted by molar-refractivity contribution is 9.10. The lowest BCUT2D eigenvalue weighted by atomic mass is 10.0. The van der Waals surface area contributed by atoms with E-state index in [2.05, 4.69) is 36.4 Å². The lowest BCUT2D eigenvalue weighted by Gasteiger charge is -2.09. The number of amides is 2. The van der Waals surface area contributed by atoms with Gasteiger partial charge in [0.05, 0.1) is 16.4 Å². The monoisotopic (exact) mass is 455 g/mol. The SMILES string of the molecule is NC(=O)c1sc2nc(C(F)F)cc(C3CC3)c2c1NC(=O)c1[nH]ncc1Br. The molecule has 4 rings (SSSR count). The number of nitrogens with two attached hydrogens (primary N) is 1. The molecule has 3 heterocycles. The highest BCUT2D eigenvalue weighted by Gasteiger charge is 2.32. The molecule has 0 unspecified atom stereocenters. The van der Waals surface area contributed by atoms with E-state index >= 15 is 0 Å². The van der Waals surface area contributed by atoms with Crippen LogP contribution in [-0.4, -0.2) is 27.0 Å². The smallest absolute Gasteiger partial charge is 0.280 e. The number of fused-ring (bicyclic) bond motifs is 1. The summed E-state index contributed by atoms with van der Waals surface area (Å²) < 4.78 is 26.9. The largest absolute Gasteiger partial charge is 0.365 e. The zero-order chi connectivity index (χ0) is 19.3. The average Bonchev–Trinajstić information content (AvgIpc) is 3.27. The Bertz CT molecular complexity index is 1080. The molecule has 3 aromatic heterocycles. The zero-order valence-electron chi connectivity index (χ0n) is 13.6. The third-order valence-corrected chi connectivity index (χ3v) is 5.94. The van der Waals surface area contributed by atoms with E-state index in [0.717, 1.165) is 24.2 Å². The summed E-state index contributed by atoms with van der Waals surface area (Å²) in [6.45, 7) is 0. The van der Waals surface area contributed by atoms with E-state index in [1.807, 2.05) is 0 Å². The Hall–Kier alpha value is -2.40. The van der Waals surface area contributed by atoms with Crippen molar-refractivity contribution < 1.29 is 18.4 Å². The standard InChI is InChI=1S/C16H12BrF2N5O2S/c17-7-4-21-24-10(7)15(26)23-11-9-6(5-1-2-5)3-8(13(18)19)22-16(9)27-12(11)14(20)25/h3-5,13H,1-2H2,(H2,20,25)(H,21,24)(H,23,26). The van der Waals surface area contributed by atoms with Gasteiger partial charge in [-0.15, -0.1) is 11.3 Å². The minimum absolute atomic E-state index is 0.0646. The van der Waals surface area contributed by atoms with E-state index in [1.165, 1.54) is 12.3 Å². The first-order valence-electron chi connectivity index (χ1n) is 7.92. The van der Waals surface area contributed by atoms with Crippen LogP contribution < -0.4 is 11.1 Å². The third-order valence-electron chi connectivity index (χ3n) is 4.24. The molecule has 1 aliphatic carbocycles. The van der Waals surface area contributed by atoms with Gasteiger partial charge in [0.2, 0.25) is 0 Å². The van der Waals surface area contributed by atoms with Crippen molar-refractivity contribution in [3.8, 4) is 0 Å². The summed E-state index contributed by atoms with van der Waals surface area (Å²) in [7, 11) is 0. The number of thiophene rings is 1. The second-order valence-corrected chi connectivity index (χ2v) is 7.96. The van der Waals surface area contributed by atoms with Crippen molar-refractivity contribution in [2.45, 2.75) is 25.2 Å². The maximum absolute atomic E-state index is 13.2. The number of hydrogen-bond acceptors (Lipinski definition) is 5. The van der Waals surface area contributed by atoms with Gasteiger partial charge >= 0.3 is 0 Å². The minimum Gasteiger partial charge on any atom is -0.365 e. The topological polar surface area (TPSA) is 114 Å². The summed E-state index contributed by atoms with van der Waals surface area (Å²) in [5.74, 6) is -1.21. The number of carbonyl (C=O) groups excluding carboxylic acids is 2. The van der Waals surface area contributed by atoms with Crippen molar-refractivity contribution >= 4 is 55.0 Å². The van der Waals surface area contributed by atoms with Gasteiger partial charge in [-0.1, -0.05) is 0 Å². The van der Waals surface area contributed by atoms with Gasteiger partial charge in [0.25, 0.3) is 18.2 Å². The molecule has 140 valence electrons. The Kier molecular flexibility index (Phi) is 4.42. The van der Waals surface area contributed by atoms with Crippen LogP contribution in [0.4, 0.5) is 14.5 Å². The summed E-state index contributed by atoms with van der Waals surface area (Å²) in [6, 6.07) is 1.35. The van der Waals surface area contributed by atoms with Crippen molar-refractivity contribution in [3.63, 3.8) is 0 Å². The lowest BCUT2D eigenvalue weighted by molar-refractivity contribution is 0.100. The normalized spacial score (nSPS) is 14.1. The number of aromatic nitrogens is 3. The van der Waals surface area contributed by atoms with Crippen LogP contribution in [0, 0.1) is 0 Å². The van der Waals surface area contributed by atoms with Gasteiger partial charge in [-0.2, -0.15) is 5.10 Å². The zero-order valence-corrected chi connectivity index (χ0v) is 16.0. The fourth-order valence-electron chi connectivity index (χ4n) is 2.87. The number of hydrogen-bond donors (Lipinski definition) is 3. The molecule has 4 N–H and O–H groups in total. The second kappa shape index (κ2) is 6.64. The Balaban J connectivity index is 1.90. The Morgan fingerprint density at radius 2 is 2.15 bits per heavy atom. The van der Waals surface area contributed by atoms with Crippen molar-refractivity contribution in [2.75, 3.05) is 5.32 Å². The molecule has 7 nitrogen and oxygen atoms in total. The highest BCUT2D eigenvalue weighted by Crippen LogP contribution is 2.48. The molecule has 0 atom stereocenters. The molecule has 1 saturated carbocycles. The number of halogens is 3. The molecule has 27 heavy (non-hydrogen) atoms. The Morgan fingerprint density at radius 1 is 1.41 bits per heavy atom. The number of anilines is 1. The molecule has 1 aliphatic rings. The molecule has 0 spiro atoms. The summed E-state index contributed by atoms with van der Waals surface area (Å²) in [4.78, 5) is 28.8. The van der Waals surface area contributed by atoms with Crippen molar-refractivity contribution in [1.29, 1.82) is 0 Å². The fourth-order valence-corrected chi connectivity index (χ4v) is 4.27. The number of carbonyl (C=O) groups is 2. The maximum Gasteiger partial charge on any atom is 0.280 e. The Morgan fingerprint density at radius 3 is 2.70 bits per heavy atom. The van der Waals surface area contributed by atoms with E-state index in [4.69, 9.17) is 5.73 Å². The number of primary amides is 1. The molecule has 0 radical (unpaired) electrons. The molecule has 11 heteroatoms. The first-order chi connectivity index (χ1) is 12.9. The lowest BCUT2D eigenvalue weighted by Crippen LogP contribution is -2.17. The third kappa shape index (κ3) is 3.21. The predicted molar refractivity (Wildman–Crippen MR) is 99.3 cm³/mol. The number of nitrogens with one attached hydrogen (secondary N) is 2. The van der Waals surface area contributed by atoms with Gasteiger partial charge in [-0.3, -0.25) is 14.7 Å². The van der Waals surface area contributed by atoms with Gasteiger partial charge in [-0.25, -0.2) is 13.8 Å². The van der Waals surface area contributed by atoms with Gasteiger partial charge in [0.1, 0.15) is 21.1 Å². The molecule has 0 bridgehead atoms. The van der Waals surface area contributed by atoms with Crippen molar-refractivity contribution in [3.05, 3.63) is 38.6 Å². The van der Waals surface area contributed by atoms with Crippen LogP contribution in [0.25, 0.3) is 10.2 Å². The number of H-pyrrole nitrogens is 1.